The van der Waals surface area contributed by atoms with E-state index in [1.54, 1.807) is 18.5 Å². The van der Waals surface area contributed by atoms with Crippen LogP contribution in [-0.4, -0.2) is 46.2 Å². The second kappa shape index (κ2) is 9.59. The first-order valence-electron chi connectivity index (χ1n) is 12.6. The van der Waals surface area contributed by atoms with Crippen LogP contribution in [0.3, 0.4) is 0 Å². The molecule has 9 nitrogen and oxygen atoms in total. The number of furan rings is 1. The fraction of sp³-hybridized carbons (Fsp3) is 0.321. The molecule has 5 N–H and O–H groups in total. The van der Waals surface area contributed by atoms with E-state index in [-0.39, 0.29) is 23.6 Å². The Balaban J connectivity index is 1.20. The molecule has 5 atom stereocenters. The summed E-state index contributed by atoms with van der Waals surface area (Å²) in [6.45, 7) is 3.09. The predicted molar refractivity (Wildman–Crippen MR) is 141 cm³/mol. The molecule has 1 aliphatic heterocycles. The number of carbonyl (C=O) groups excluding carboxylic acids is 1. The van der Waals surface area contributed by atoms with Crippen LogP contribution in [0.15, 0.2) is 71.4 Å². The molecule has 4 heterocycles. The number of carbonyl (C=O) groups is 1. The van der Waals surface area contributed by atoms with Gasteiger partial charge in [-0.05, 0) is 42.2 Å². The smallest absolute Gasteiger partial charge is 0.274 e. The summed E-state index contributed by atoms with van der Waals surface area (Å²) in [6.07, 6.45) is 3.80. The van der Waals surface area contributed by atoms with Gasteiger partial charge in [0.05, 0.1) is 29.7 Å². The third-order valence-electron chi connectivity index (χ3n) is 7.54. The largest absolute Gasteiger partial charge is 0.442 e. The number of fused-ring (bicyclic) bond motifs is 1. The summed E-state index contributed by atoms with van der Waals surface area (Å²) >= 11 is 0. The molecule has 6 rings (SSSR count). The van der Waals surface area contributed by atoms with Crippen molar-refractivity contribution in [3.8, 4) is 0 Å². The molecule has 0 spiro atoms. The summed E-state index contributed by atoms with van der Waals surface area (Å²) < 4.78 is 6.10. The average molecular weight is 499 g/mol. The molecular formula is C28H30N6O3. The second-order valence-corrected chi connectivity index (χ2v) is 10.1. The molecule has 1 saturated carbocycles. The Morgan fingerprint density at radius 3 is 2.78 bits per heavy atom. The summed E-state index contributed by atoms with van der Waals surface area (Å²) in [7, 11) is 0. The molecule has 0 unspecified atom stereocenters. The topological polar surface area (TPSA) is 130 Å². The van der Waals surface area contributed by atoms with E-state index in [9.17, 15) is 9.90 Å². The number of rotatable bonds is 6. The van der Waals surface area contributed by atoms with E-state index in [1.165, 1.54) is 5.56 Å². The lowest BCUT2D eigenvalue weighted by Crippen LogP contribution is -2.59. The summed E-state index contributed by atoms with van der Waals surface area (Å²) in [4.78, 5) is 24.0. The van der Waals surface area contributed by atoms with Crippen molar-refractivity contribution in [3.63, 3.8) is 0 Å². The number of hydrazine groups is 1. The minimum absolute atomic E-state index is 0.00306. The fourth-order valence-corrected chi connectivity index (χ4v) is 5.39. The molecule has 190 valence electrons. The molecule has 2 aliphatic rings. The summed E-state index contributed by atoms with van der Waals surface area (Å²) in [5.74, 6) is 7.02. The molecule has 9 heteroatoms. The van der Waals surface area contributed by atoms with Gasteiger partial charge in [0.15, 0.2) is 0 Å². The molecule has 3 aromatic heterocycles. The van der Waals surface area contributed by atoms with Gasteiger partial charge in [-0.2, -0.15) is 0 Å². The zero-order chi connectivity index (χ0) is 25.5. The third-order valence-corrected chi connectivity index (χ3v) is 7.54. The fourth-order valence-electron chi connectivity index (χ4n) is 5.39. The molecule has 0 bridgehead atoms. The van der Waals surface area contributed by atoms with Gasteiger partial charge in [-0.3, -0.25) is 21.0 Å². The van der Waals surface area contributed by atoms with Gasteiger partial charge in [-0.25, -0.2) is 4.98 Å². The Bertz CT molecular complexity index is 1420. The Morgan fingerprint density at radius 2 is 1.97 bits per heavy atom. The highest BCUT2D eigenvalue weighted by atomic mass is 16.3. The van der Waals surface area contributed by atoms with Crippen LogP contribution in [0, 0.1) is 5.92 Å². The van der Waals surface area contributed by atoms with Crippen molar-refractivity contribution >= 4 is 28.4 Å². The number of piperidine rings is 1. The number of nitrogens with two attached hydrogens (primary N) is 1. The summed E-state index contributed by atoms with van der Waals surface area (Å²) in [5.41, 5.74) is 6.12. The molecular weight excluding hydrogens is 468 g/mol. The number of anilines is 2. The molecule has 37 heavy (non-hydrogen) atoms. The monoisotopic (exact) mass is 498 g/mol. The van der Waals surface area contributed by atoms with Crippen molar-refractivity contribution in [3.05, 3.63) is 84.0 Å². The number of aliphatic hydroxyl groups excluding tert-OH is 1. The summed E-state index contributed by atoms with van der Waals surface area (Å²) in [5, 5.41) is 14.2. The van der Waals surface area contributed by atoms with Crippen LogP contribution in [-0.2, 0) is 0 Å². The number of hydrogen-bond acceptors (Lipinski definition) is 8. The lowest BCUT2D eigenvalue weighted by molar-refractivity contribution is 0.0643. The van der Waals surface area contributed by atoms with Gasteiger partial charge in [0.1, 0.15) is 11.5 Å². The van der Waals surface area contributed by atoms with Crippen LogP contribution in [0.2, 0.25) is 0 Å². The molecule has 1 saturated heterocycles. The minimum Gasteiger partial charge on any atom is -0.442 e. The number of nitrogens with one attached hydrogen (secondary N) is 2. The molecule has 1 amide bonds. The van der Waals surface area contributed by atoms with Crippen LogP contribution in [0.1, 0.15) is 47.0 Å². The molecule has 4 aromatic rings. The van der Waals surface area contributed by atoms with Gasteiger partial charge in [0.25, 0.3) is 5.91 Å². The van der Waals surface area contributed by atoms with Crippen LogP contribution >= 0.6 is 0 Å². The normalized spacial score (nSPS) is 25.3. The quantitative estimate of drug-likeness (QED) is 0.235. The van der Waals surface area contributed by atoms with E-state index in [0.29, 0.717) is 36.3 Å². The standard InChI is InChI=1S/C28H30N6O3/c1-16-14-34(15-23(33-29)26(16)35)24-9-10-30-13-22(24)31-27(36)21-8-7-18-11-25(37-28(18)32-21)20-12-19(20)17-5-3-2-4-6-17/h2-11,13,16,19-20,23,26,33,35H,12,14-15,29H2,1H3,(H,31,36)/t16-,19+,20-,23+,26+/m0/s1. The minimum atomic E-state index is -0.547. The highest BCUT2D eigenvalue weighted by Crippen LogP contribution is 2.55. The predicted octanol–water partition coefficient (Wildman–Crippen LogP) is 3.40. The van der Waals surface area contributed by atoms with Crippen LogP contribution < -0.4 is 21.5 Å². The van der Waals surface area contributed by atoms with E-state index < -0.39 is 6.10 Å². The van der Waals surface area contributed by atoms with Gasteiger partial charge in [0.2, 0.25) is 5.71 Å². The Kier molecular flexibility index (Phi) is 6.11. The van der Waals surface area contributed by atoms with E-state index >= 15 is 0 Å². The zero-order valence-electron chi connectivity index (χ0n) is 20.5. The van der Waals surface area contributed by atoms with Gasteiger partial charge in [-0.1, -0.05) is 37.3 Å². The number of aliphatic hydroxyl groups is 1. The highest BCUT2D eigenvalue weighted by Gasteiger charge is 2.42. The van der Waals surface area contributed by atoms with Crippen molar-refractivity contribution < 1.29 is 14.3 Å². The zero-order valence-corrected chi connectivity index (χ0v) is 20.5. The van der Waals surface area contributed by atoms with Gasteiger partial charge >= 0.3 is 0 Å². The van der Waals surface area contributed by atoms with Crippen molar-refractivity contribution in [1.29, 1.82) is 0 Å². The van der Waals surface area contributed by atoms with E-state index in [2.05, 4.69) is 49.9 Å². The lowest BCUT2D eigenvalue weighted by Gasteiger charge is -2.41. The lowest BCUT2D eigenvalue weighted by atomic mass is 9.92. The van der Waals surface area contributed by atoms with Crippen LogP contribution in [0.25, 0.3) is 11.1 Å². The van der Waals surface area contributed by atoms with Gasteiger partial charge in [0, 0.05) is 36.5 Å². The van der Waals surface area contributed by atoms with Crippen LogP contribution in [0.5, 0.6) is 0 Å². The van der Waals surface area contributed by atoms with Gasteiger partial charge < -0.3 is 19.7 Å². The van der Waals surface area contributed by atoms with Crippen molar-refractivity contribution in [1.82, 2.24) is 15.4 Å². The first-order valence-corrected chi connectivity index (χ1v) is 12.6. The number of pyridine rings is 2. The number of hydrogen-bond donors (Lipinski definition) is 4. The number of aromatic nitrogens is 2. The Morgan fingerprint density at radius 1 is 1.14 bits per heavy atom. The van der Waals surface area contributed by atoms with Crippen molar-refractivity contribution in [2.75, 3.05) is 23.3 Å². The maximum Gasteiger partial charge on any atom is 0.274 e. The van der Waals surface area contributed by atoms with E-state index in [0.717, 1.165) is 23.3 Å². The first kappa shape index (κ1) is 23.6. The van der Waals surface area contributed by atoms with Crippen molar-refractivity contribution in [2.45, 2.75) is 37.3 Å². The average Bonchev–Trinajstić information content (AvgIpc) is 3.62. The number of benzene rings is 1. The first-order chi connectivity index (χ1) is 18.0. The molecule has 1 aromatic carbocycles. The van der Waals surface area contributed by atoms with Crippen LogP contribution in [0.4, 0.5) is 11.4 Å². The Hall–Kier alpha value is -3.79. The highest BCUT2D eigenvalue weighted by molar-refractivity contribution is 6.05. The van der Waals surface area contributed by atoms with E-state index in [1.807, 2.05) is 31.2 Å². The number of nitrogens with zero attached hydrogens (tertiary/aromatic N) is 3. The van der Waals surface area contributed by atoms with E-state index in [4.69, 9.17) is 10.3 Å². The molecule has 1 aliphatic carbocycles. The third kappa shape index (κ3) is 4.57. The SMILES string of the molecule is C[C@H]1CN(c2ccncc2NC(=O)c2ccc3cc([C@H]4C[C@@H]4c4ccccc4)oc3n2)C[C@@H](NN)[C@@H]1O. The molecule has 0 radical (unpaired) electrons. The van der Waals surface area contributed by atoms with Gasteiger partial charge in [-0.15, -0.1) is 0 Å². The number of amides is 1. The second-order valence-electron chi connectivity index (χ2n) is 10.1. The molecule has 2 fully saturated rings. The Labute approximate surface area is 214 Å². The maximum atomic E-state index is 13.2. The maximum absolute atomic E-state index is 13.2. The van der Waals surface area contributed by atoms with Crippen molar-refractivity contribution in [2.24, 2.45) is 11.8 Å². The summed E-state index contributed by atoms with van der Waals surface area (Å²) in [6, 6.07) is 17.6.